The minimum atomic E-state index is -5.57. The molecule has 0 bridgehead atoms. The van der Waals surface area contributed by atoms with Gasteiger partial charge in [0.25, 0.3) is 6.10 Å². The SMILES string of the molecule is CN(C)P(C=P(OC(C(F)(F)F)C(F)(F)F)(N(C)C)N(C)C)N(C)C. The fourth-order valence-electron chi connectivity index (χ4n) is 1.94. The molecule has 0 amide bonds. The topological polar surface area (TPSA) is 22.2 Å². The predicted molar refractivity (Wildman–Crippen MR) is 91.6 cm³/mol. The summed E-state index contributed by atoms with van der Waals surface area (Å²) in [6.45, 7) is 0. The van der Waals surface area contributed by atoms with Gasteiger partial charge in [-0.15, -0.1) is 0 Å². The molecule has 5 nitrogen and oxygen atoms in total. The molecule has 0 aliphatic heterocycles. The van der Waals surface area contributed by atoms with Gasteiger partial charge in [-0.2, -0.15) is 26.3 Å². The fraction of sp³-hybridized carbons (Fsp3) is 0.917. The van der Waals surface area contributed by atoms with Crippen LogP contribution in [0.3, 0.4) is 0 Å². The van der Waals surface area contributed by atoms with Crippen molar-refractivity contribution in [2.75, 3.05) is 56.4 Å². The van der Waals surface area contributed by atoms with Gasteiger partial charge in [0.15, 0.2) is 0 Å². The van der Waals surface area contributed by atoms with Crippen LogP contribution in [0.15, 0.2) is 0 Å². The summed E-state index contributed by atoms with van der Waals surface area (Å²) < 4.78 is 89.1. The molecule has 0 rings (SSSR count). The number of hydrogen-bond acceptors (Lipinski definition) is 5. The molecule has 0 aromatic rings. The molecule has 0 aromatic carbocycles. The molecule has 0 atom stereocenters. The second kappa shape index (κ2) is 8.87. The summed E-state index contributed by atoms with van der Waals surface area (Å²) in [7, 11) is 7.65. The Bertz CT molecular complexity index is 445. The molecular weight excluding hydrogens is 392 g/mol. The van der Waals surface area contributed by atoms with Crippen molar-refractivity contribution in [1.29, 1.82) is 0 Å². The molecule has 152 valence electrons. The van der Waals surface area contributed by atoms with Crippen molar-refractivity contribution < 1.29 is 30.9 Å². The molecule has 0 saturated carbocycles. The van der Waals surface area contributed by atoms with E-state index in [1.54, 1.807) is 37.5 Å². The van der Waals surface area contributed by atoms with Gasteiger partial charge >= 0.3 is 12.4 Å². The van der Waals surface area contributed by atoms with E-state index in [0.717, 1.165) is 0 Å². The second-order valence-electron chi connectivity index (χ2n) is 5.98. The third kappa shape index (κ3) is 6.65. The van der Waals surface area contributed by atoms with Crippen LogP contribution in [-0.2, 0) is 4.52 Å². The lowest BCUT2D eigenvalue weighted by Gasteiger charge is -2.42. The Morgan fingerprint density at radius 2 is 1.08 bits per heavy atom. The monoisotopic (exact) mass is 418 g/mol. The molecule has 0 aliphatic rings. The van der Waals surface area contributed by atoms with E-state index in [-0.39, 0.29) is 0 Å². The van der Waals surface area contributed by atoms with Crippen LogP contribution in [-0.4, -0.2) is 99.1 Å². The molecule has 0 N–H and O–H groups in total. The maximum Gasteiger partial charge on any atom is 0.424 e. The molecule has 0 aliphatic carbocycles. The van der Waals surface area contributed by atoms with Crippen LogP contribution >= 0.6 is 15.6 Å². The number of rotatable bonds is 7. The van der Waals surface area contributed by atoms with Crippen LogP contribution in [0.4, 0.5) is 26.3 Å². The van der Waals surface area contributed by atoms with Gasteiger partial charge in [0.1, 0.15) is 7.41 Å². The van der Waals surface area contributed by atoms with E-state index in [1.165, 1.54) is 43.1 Å². The third-order valence-corrected chi connectivity index (χ3v) is 9.56. The van der Waals surface area contributed by atoms with Crippen molar-refractivity contribution in [2.24, 2.45) is 0 Å². The van der Waals surface area contributed by atoms with Crippen LogP contribution in [0.2, 0.25) is 0 Å². The highest BCUT2D eigenvalue weighted by atomic mass is 31.2. The Morgan fingerprint density at radius 3 is 1.28 bits per heavy atom. The summed E-state index contributed by atoms with van der Waals surface area (Å²) in [5.41, 5.74) is 1.47. The zero-order chi connectivity index (χ0) is 20.4. The smallest absolute Gasteiger partial charge is 0.312 e. The highest BCUT2D eigenvalue weighted by Crippen LogP contribution is 2.60. The quantitative estimate of drug-likeness (QED) is 0.465. The summed E-state index contributed by atoms with van der Waals surface area (Å²) in [5.74, 6) is 0. The number of hydrogen-bond donors (Lipinski definition) is 0. The van der Waals surface area contributed by atoms with Gasteiger partial charge in [-0.1, -0.05) is 0 Å². The summed E-state index contributed by atoms with van der Waals surface area (Å²) in [4.78, 5) is 0. The average Bonchev–Trinajstić information content (AvgIpc) is 2.34. The van der Waals surface area contributed by atoms with Gasteiger partial charge in [0.2, 0.25) is 0 Å². The van der Waals surface area contributed by atoms with E-state index in [0.29, 0.717) is 0 Å². The van der Waals surface area contributed by atoms with Crippen LogP contribution < -0.4 is 0 Å². The molecule has 0 saturated heterocycles. The molecule has 0 radical (unpaired) electrons. The minimum Gasteiger partial charge on any atom is -0.312 e. The molecule has 0 heterocycles. The van der Waals surface area contributed by atoms with Crippen LogP contribution in [0.25, 0.3) is 0 Å². The molecule has 0 unspecified atom stereocenters. The highest BCUT2D eigenvalue weighted by Gasteiger charge is 2.60. The van der Waals surface area contributed by atoms with E-state index in [2.05, 4.69) is 0 Å². The fourth-order valence-corrected chi connectivity index (χ4v) is 8.90. The standard InChI is InChI=1S/C12H26F6N4OP2/c1-19(2)24(20(3)4)9-25(21(5)6,22(7)8)23-10(11(13,14)15)12(16,17)18/h9-10H,1-8H3. The number of halogens is 6. The second-order valence-corrected chi connectivity index (χ2v) is 12.1. The largest absolute Gasteiger partial charge is 0.424 e. The van der Waals surface area contributed by atoms with Crippen molar-refractivity contribution in [3.8, 4) is 0 Å². The lowest BCUT2D eigenvalue weighted by molar-refractivity contribution is -0.300. The van der Waals surface area contributed by atoms with Gasteiger partial charge in [0.05, 0.1) is 8.22 Å². The zero-order valence-electron chi connectivity index (χ0n) is 15.5. The van der Waals surface area contributed by atoms with Gasteiger partial charge in [-0.05, 0) is 56.4 Å². The van der Waals surface area contributed by atoms with E-state index < -0.39 is 34.1 Å². The van der Waals surface area contributed by atoms with Crippen LogP contribution in [0.5, 0.6) is 0 Å². The lowest BCUT2D eigenvalue weighted by Crippen LogP contribution is -2.45. The first-order valence-electron chi connectivity index (χ1n) is 7.02. The average molecular weight is 418 g/mol. The van der Waals surface area contributed by atoms with Crippen molar-refractivity contribution in [3.05, 3.63) is 0 Å². The summed E-state index contributed by atoms with van der Waals surface area (Å²) in [6, 6.07) is 0. The van der Waals surface area contributed by atoms with E-state index in [1.807, 2.05) is 0 Å². The van der Waals surface area contributed by atoms with Gasteiger partial charge in [-0.25, -0.2) is 0 Å². The molecule has 25 heavy (non-hydrogen) atoms. The first-order chi connectivity index (χ1) is 11.0. The van der Waals surface area contributed by atoms with E-state index in [4.69, 9.17) is 4.52 Å². The predicted octanol–water partition coefficient (Wildman–Crippen LogP) is 3.58. The maximum absolute atomic E-state index is 13.0. The Labute approximate surface area is 146 Å². The Balaban J connectivity index is 6.44. The molecule has 0 aromatic heterocycles. The van der Waals surface area contributed by atoms with Crippen molar-refractivity contribution in [1.82, 2.24) is 18.7 Å². The van der Waals surface area contributed by atoms with Gasteiger partial charge in [0, 0.05) is 5.54 Å². The maximum atomic E-state index is 13.0. The van der Waals surface area contributed by atoms with Crippen LogP contribution in [0, 0.1) is 0 Å². The number of alkyl halides is 6. The van der Waals surface area contributed by atoms with E-state index in [9.17, 15) is 26.3 Å². The first-order valence-corrected chi connectivity index (χ1v) is 10.0. The summed E-state index contributed by atoms with van der Waals surface area (Å²) >= 11 is 0. The van der Waals surface area contributed by atoms with Crippen molar-refractivity contribution in [3.63, 3.8) is 0 Å². The Hall–Kier alpha value is 0.110. The third-order valence-electron chi connectivity index (χ3n) is 3.07. The normalized spacial score (nSPS) is 14.7. The summed E-state index contributed by atoms with van der Waals surface area (Å²) in [5, 5.41) is 0. The summed E-state index contributed by atoms with van der Waals surface area (Å²) in [6.07, 6.45) is -15.0. The first kappa shape index (κ1) is 25.1. The highest BCUT2D eigenvalue weighted by molar-refractivity contribution is 7.86. The molecule has 13 heteroatoms. The van der Waals surface area contributed by atoms with Crippen molar-refractivity contribution in [2.45, 2.75) is 18.5 Å². The van der Waals surface area contributed by atoms with E-state index >= 15 is 0 Å². The Morgan fingerprint density at radius 1 is 0.760 bits per heavy atom. The van der Waals surface area contributed by atoms with Gasteiger partial charge < -0.3 is 4.52 Å². The lowest BCUT2D eigenvalue weighted by atomic mass is 10.3. The number of nitrogens with zero attached hydrogens (tertiary/aromatic N) is 4. The minimum absolute atomic E-state index is 1.29. The Kier molecular flexibility index (Phi) is 8.90. The molecular formula is C12H26F6N4OP2. The molecule has 0 fully saturated rings. The van der Waals surface area contributed by atoms with Crippen LogP contribution in [0.1, 0.15) is 0 Å². The zero-order valence-corrected chi connectivity index (χ0v) is 17.3. The van der Waals surface area contributed by atoms with Gasteiger partial charge in [-0.3, -0.25) is 18.7 Å². The van der Waals surface area contributed by atoms with Crippen molar-refractivity contribution >= 4 is 21.2 Å². The molecule has 0 spiro atoms.